The molecule has 5 heteroatoms. The molecular weight excluding hydrogens is 382 g/mol. The molecule has 146 valence electrons. The van der Waals surface area contributed by atoms with Crippen molar-refractivity contribution >= 4 is 21.6 Å². The van der Waals surface area contributed by atoms with Crippen molar-refractivity contribution < 1.29 is 14.2 Å². The number of benzene rings is 3. The Hall–Kier alpha value is -3.31. The molecule has 0 spiro atoms. The van der Waals surface area contributed by atoms with E-state index in [4.69, 9.17) is 14.2 Å². The average molecular weight is 404 g/mol. The Kier molecular flexibility index (Phi) is 5.49. The van der Waals surface area contributed by atoms with E-state index in [1.54, 1.807) is 0 Å². The number of nitrogens with zero attached hydrogens (tertiary/aromatic N) is 1. The Morgan fingerprint density at radius 2 is 1.55 bits per heavy atom. The van der Waals surface area contributed by atoms with Crippen LogP contribution in [-0.4, -0.2) is 4.98 Å². The van der Waals surface area contributed by atoms with Crippen LogP contribution in [0.3, 0.4) is 0 Å². The highest BCUT2D eigenvalue weighted by Crippen LogP contribution is 2.34. The first-order valence-corrected chi connectivity index (χ1v) is 10.1. The first-order valence-electron chi connectivity index (χ1n) is 9.30. The van der Waals surface area contributed by atoms with Gasteiger partial charge in [-0.3, -0.25) is 0 Å². The van der Waals surface area contributed by atoms with Crippen LogP contribution >= 0.6 is 11.3 Å². The molecule has 0 saturated heterocycles. The number of fused-ring (bicyclic) bond motifs is 1. The standard InChI is InChI=1S/C24H21NO3S/c1-16(2)26-17(3)18-9-14-22-23(15-18)29-24(25-22)28-21-12-10-20(11-13-21)27-19-7-5-4-6-8-19/h4-15,17H,1H2,2-3H3. The van der Waals surface area contributed by atoms with Crippen LogP contribution in [0.2, 0.25) is 0 Å². The van der Waals surface area contributed by atoms with E-state index in [9.17, 15) is 0 Å². The fourth-order valence-corrected chi connectivity index (χ4v) is 3.77. The van der Waals surface area contributed by atoms with Crippen molar-refractivity contribution in [2.24, 2.45) is 0 Å². The molecule has 0 aliphatic rings. The SMILES string of the molecule is C=C(C)OC(C)c1ccc2nc(Oc3ccc(Oc4ccccc4)cc3)sc2c1. The molecule has 0 fully saturated rings. The fourth-order valence-electron chi connectivity index (χ4n) is 2.89. The van der Waals surface area contributed by atoms with Gasteiger partial charge in [0.15, 0.2) is 0 Å². The number of hydrogen-bond acceptors (Lipinski definition) is 5. The number of rotatable bonds is 7. The van der Waals surface area contributed by atoms with Crippen molar-refractivity contribution in [3.63, 3.8) is 0 Å². The van der Waals surface area contributed by atoms with Crippen LogP contribution in [0.15, 0.2) is 85.1 Å². The molecule has 4 aromatic rings. The topological polar surface area (TPSA) is 40.6 Å². The van der Waals surface area contributed by atoms with Gasteiger partial charge in [-0.05, 0) is 67.9 Å². The van der Waals surface area contributed by atoms with Gasteiger partial charge in [0, 0.05) is 0 Å². The molecule has 0 aliphatic heterocycles. The molecule has 0 saturated carbocycles. The Balaban J connectivity index is 1.46. The summed E-state index contributed by atoms with van der Waals surface area (Å²) in [4.78, 5) is 4.57. The molecule has 4 nitrogen and oxygen atoms in total. The molecule has 1 aromatic heterocycles. The molecule has 0 amide bonds. The van der Waals surface area contributed by atoms with E-state index in [0.717, 1.165) is 27.3 Å². The number of hydrogen-bond donors (Lipinski definition) is 0. The summed E-state index contributed by atoms with van der Waals surface area (Å²) in [7, 11) is 0. The molecule has 3 aromatic carbocycles. The second-order valence-electron chi connectivity index (χ2n) is 6.66. The van der Waals surface area contributed by atoms with E-state index in [-0.39, 0.29) is 6.10 Å². The number of thiazole rings is 1. The summed E-state index contributed by atoms with van der Waals surface area (Å²) >= 11 is 1.51. The third kappa shape index (κ3) is 4.76. The highest BCUT2D eigenvalue weighted by atomic mass is 32.1. The van der Waals surface area contributed by atoms with Crippen LogP contribution in [0.25, 0.3) is 10.2 Å². The van der Waals surface area contributed by atoms with Gasteiger partial charge in [-0.2, -0.15) is 0 Å². The molecule has 0 aliphatic carbocycles. The quantitative estimate of drug-likeness (QED) is 0.300. The van der Waals surface area contributed by atoms with Gasteiger partial charge in [-0.25, -0.2) is 4.98 Å². The zero-order chi connectivity index (χ0) is 20.2. The first kappa shape index (κ1) is 19.0. The normalized spacial score (nSPS) is 11.8. The molecule has 1 heterocycles. The van der Waals surface area contributed by atoms with Crippen LogP contribution < -0.4 is 9.47 Å². The van der Waals surface area contributed by atoms with Crippen LogP contribution in [-0.2, 0) is 4.74 Å². The molecule has 0 N–H and O–H groups in total. The number of aromatic nitrogens is 1. The Labute approximate surface area is 174 Å². The van der Waals surface area contributed by atoms with Crippen molar-refractivity contribution in [2.75, 3.05) is 0 Å². The molecular formula is C24H21NO3S. The highest BCUT2D eigenvalue weighted by molar-refractivity contribution is 7.20. The van der Waals surface area contributed by atoms with Crippen LogP contribution in [0.4, 0.5) is 0 Å². The number of para-hydroxylation sites is 1. The summed E-state index contributed by atoms with van der Waals surface area (Å²) in [5, 5.41) is 0.599. The monoisotopic (exact) mass is 403 g/mol. The summed E-state index contributed by atoms with van der Waals surface area (Å²) in [6, 6.07) is 23.3. The summed E-state index contributed by atoms with van der Waals surface area (Å²) in [6.45, 7) is 7.66. The lowest BCUT2D eigenvalue weighted by atomic mass is 10.1. The summed E-state index contributed by atoms with van der Waals surface area (Å²) in [5.41, 5.74) is 1.98. The molecule has 29 heavy (non-hydrogen) atoms. The van der Waals surface area contributed by atoms with E-state index in [1.807, 2.05) is 80.6 Å². The van der Waals surface area contributed by atoms with E-state index in [1.165, 1.54) is 11.3 Å². The predicted molar refractivity (Wildman–Crippen MR) is 117 cm³/mol. The van der Waals surface area contributed by atoms with Crippen LogP contribution in [0.1, 0.15) is 25.5 Å². The molecule has 0 radical (unpaired) electrons. The van der Waals surface area contributed by atoms with Crippen molar-refractivity contribution in [2.45, 2.75) is 20.0 Å². The van der Waals surface area contributed by atoms with Crippen molar-refractivity contribution in [3.8, 4) is 22.4 Å². The maximum atomic E-state index is 5.94. The van der Waals surface area contributed by atoms with Gasteiger partial charge in [0.05, 0.1) is 16.0 Å². The molecule has 4 rings (SSSR count). The van der Waals surface area contributed by atoms with Crippen molar-refractivity contribution in [1.82, 2.24) is 4.98 Å². The lowest BCUT2D eigenvalue weighted by Crippen LogP contribution is -1.97. The Morgan fingerprint density at radius 1 is 0.897 bits per heavy atom. The van der Waals surface area contributed by atoms with Gasteiger partial charge in [-0.15, -0.1) is 0 Å². The van der Waals surface area contributed by atoms with Crippen LogP contribution in [0, 0.1) is 0 Å². The second kappa shape index (κ2) is 8.37. The van der Waals surface area contributed by atoms with E-state index in [2.05, 4.69) is 17.6 Å². The number of allylic oxidation sites excluding steroid dienone is 1. The van der Waals surface area contributed by atoms with E-state index >= 15 is 0 Å². The van der Waals surface area contributed by atoms with Gasteiger partial charge >= 0.3 is 0 Å². The first-order chi connectivity index (χ1) is 14.1. The zero-order valence-electron chi connectivity index (χ0n) is 16.3. The molecule has 1 unspecified atom stereocenters. The van der Waals surface area contributed by atoms with Crippen LogP contribution in [0.5, 0.6) is 22.4 Å². The predicted octanol–water partition coefficient (Wildman–Crippen LogP) is 7.49. The van der Waals surface area contributed by atoms with Gasteiger partial charge in [0.2, 0.25) is 0 Å². The van der Waals surface area contributed by atoms with Gasteiger partial charge < -0.3 is 14.2 Å². The summed E-state index contributed by atoms with van der Waals surface area (Å²) in [6.07, 6.45) is -0.0551. The lowest BCUT2D eigenvalue weighted by Gasteiger charge is -2.14. The lowest BCUT2D eigenvalue weighted by molar-refractivity contribution is 0.136. The minimum absolute atomic E-state index is 0.0551. The summed E-state index contributed by atoms with van der Waals surface area (Å²) in [5.74, 6) is 2.96. The Bertz CT molecular complexity index is 1120. The maximum absolute atomic E-state index is 5.94. The second-order valence-corrected chi connectivity index (χ2v) is 7.65. The minimum Gasteiger partial charge on any atom is -0.491 e. The smallest absolute Gasteiger partial charge is 0.279 e. The van der Waals surface area contributed by atoms with Gasteiger partial charge in [0.1, 0.15) is 23.4 Å². The van der Waals surface area contributed by atoms with E-state index < -0.39 is 0 Å². The number of ether oxygens (including phenoxy) is 3. The maximum Gasteiger partial charge on any atom is 0.279 e. The van der Waals surface area contributed by atoms with E-state index in [0.29, 0.717) is 16.7 Å². The van der Waals surface area contributed by atoms with Crippen molar-refractivity contribution in [1.29, 1.82) is 0 Å². The zero-order valence-corrected chi connectivity index (χ0v) is 17.1. The summed E-state index contributed by atoms with van der Waals surface area (Å²) < 4.78 is 18.5. The fraction of sp³-hybridized carbons (Fsp3) is 0.125. The average Bonchev–Trinajstić information content (AvgIpc) is 3.11. The molecule has 0 bridgehead atoms. The third-order valence-corrected chi connectivity index (χ3v) is 5.14. The van der Waals surface area contributed by atoms with Gasteiger partial charge in [0.25, 0.3) is 5.19 Å². The highest BCUT2D eigenvalue weighted by Gasteiger charge is 2.11. The van der Waals surface area contributed by atoms with Gasteiger partial charge in [-0.1, -0.05) is 42.2 Å². The largest absolute Gasteiger partial charge is 0.491 e. The van der Waals surface area contributed by atoms with Crippen molar-refractivity contribution in [3.05, 3.63) is 90.7 Å². The minimum atomic E-state index is -0.0551. The molecule has 1 atom stereocenters. The Morgan fingerprint density at radius 3 is 2.24 bits per heavy atom. The third-order valence-electron chi connectivity index (χ3n) is 4.25.